The third kappa shape index (κ3) is 4.40. The van der Waals surface area contributed by atoms with Crippen LogP contribution in [0.3, 0.4) is 0 Å². The summed E-state index contributed by atoms with van der Waals surface area (Å²) < 4.78 is 64.9. The van der Waals surface area contributed by atoms with Gasteiger partial charge in [-0.3, -0.25) is 4.90 Å². The van der Waals surface area contributed by atoms with E-state index in [0.29, 0.717) is 45.0 Å². The topological polar surface area (TPSA) is 110 Å². The number of hydrogen-bond donors (Lipinski definition) is 1. The normalized spacial score (nSPS) is 24.6. The predicted octanol–water partition coefficient (Wildman–Crippen LogP) is 5.84. The molecule has 4 aromatic rings. The monoisotopic (exact) mass is 656 g/mol. The van der Waals surface area contributed by atoms with E-state index in [9.17, 15) is 14.0 Å². The minimum Gasteiger partial charge on any atom is -0.489 e. The molecule has 234 valence electrons. The lowest BCUT2D eigenvalue weighted by atomic mass is 9.95. The van der Waals surface area contributed by atoms with Gasteiger partial charge in [-0.05, 0) is 37.4 Å². The van der Waals surface area contributed by atoms with E-state index in [-0.39, 0.29) is 78.7 Å². The van der Waals surface area contributed by atoms with E-state index < -0.39 is 23.3 Å². The van der Waals surface area contributed by atoms with Gasteiger partial charge < -0.3 is 24.8 Å². The van der Waals surface area contributed by atoms with Crippen molar-refractivity contribution in [2.75, 3.05) is 56.7 Å². The van der Waals surface area contributed by atoms with Crippen molar-refractivity contribution in [3.63, 3.8) is 0 Å². The molecular weight excluding hydrogens is 629 g/mol. The highest BCUT2D eigenvalue weighted by molar-refractivity contribution is 7.23. The Hall–Kier alpha value is -3.57. The molecule has 0 spiro atoms. The number of alkyl halides is 1. The molecule has 0 bridgehead atoms. The molecule has 9 nitrogen and oxygen atoms in total. The van der Waals surface area contributed by atoms with E-state index in [1.165, 1.54) is 12.1 Å². The highest BCUT2D eigenvalue weighted by Gasteiger charge is 2.49. The number of fused-ring (bicyclic) bond motifs is 4. The molecule has 2 aromatic heterocycles. The number of nitrogen functional groups attached to an aromatic ring is 1. The highest BCUT2D eigenvalue weighted by atomic mass is 35.5. The zero-order valence-corrected chi connectivity index (χ0v) is 25.6. The number of nitrogens with two attached hydrogens (primary N) is 1. The van der Waals surface area contributed by atoms with Crippen molar-refractivity contribution in [3.05, 3.63) is 34.4 Å². The summed E-state index contributed by atoms with van der Waals surface area (Å²) in [4.78, 5) is 13.5. The molecule has 45 heavy (non-hydrogen) atoms. The van der Waals surface area contributed by atoms with Crippen molar-refractivity contribution in [2.45, 2.75) is 43.4 Å². The Labute approximate surface area is 265 Å². The second-order valence-electron chi connectivity index (χ2n) is 12.1. The third-order valence-electron chi connectivity index (χ3n) is 9.50. The number of nitrogens with zero attached hydrogens (tertiary/aromatic N) is 5. The lowest BCUT2D eigenvalue weighted by Gasteiger charge is -2.31. The van der Waals surface area contributed by atoms with Crippen LogP contribution in [0.5, 0.6) is 11.8 Å². The number of nitriles is 1. The number of ether oxygens (including phenoxy) is 3. The van der Waals surface area contributed by atoms with Crippen molar-refractivity contribution in [1.29, 1.82) is 5.26 Å². The summed E-state index contributed by atoms with van der Waals surface area (Å²) in [5, 5.41) is 10.4. The van der Waals surface area contributed by atoms with E-state index in [2.05, 4.69) is 9.88 Å². The lowest BCUT2D eigenvalue weighted by molar-refractivity contribution is 0.107. The van der Waals surface area contributed by atoms with Crippen LogP contribution < -0.4 is 20.1 Å². The number of halogens is 4. The van der Waals surface area contributed by atoms with Gasteiger partial charge in [0, 0.05) is 37.1 Å². The van der Waals surface area contributed by atoms with Crippen molar-refractivity contribution < 1.29 is 27.4 Å². The Morgan fingerprint density at radius 2 is 2.07 bits per heavy atom. The van der Waals surface area contributed by atoms with Gasteiger partial charge in [0.25, 0.3) is 0 Å². The lowest BCUT2D eigenvalue weighted by Crippen LogP contribution is -2.43. The molecule has 2 N–H and O–H groups in total. The summed E-state index contributed by atoms with van der Waals surface area (Å²) in [6.45, 7) is 2.98. The number of aromatic nitrogens is 2. The molecule has 4 aliphatic rings. The molecule has 3 saturated heterocycles. The summed E-state index contributed by atoms with van der Waals surface area (Å²) in [7, 11) is 0. The van der Waals surface area contributed by atoms with E-state index >= 15 is 4.39 Å². The molecule has 0 saturated carbocycles. The largest absolute Gasteiger partial charge is 0.489 e. The molecule has 3 atom stereocenters. The number of anilines is 2. The Morgan fingerprint density at radius 1 is 1.20 bits per heavy atom. The Balaban J connectivity index is 1.35. The first-order valence-electron chi connectivity index (χ1n) is 14.9. The van der Waals surface area contributed by atoms with Gasteiger partial charge in [-0.15, -0.1) is 11.3 Å². The van der Waals surface area contributed by atoms with Crippen molar-refractivity contribution in [1.82, 2.24) is 14.9 Å². The zero-order chi connectivity index (χ0) is 31.0. The van der Waals surface area contributed by atoms with Gasteiger partial charge in [0.2, 0.25) is 0 Å². The van der Waals surface area contributed by atoms with Crippen LogP contribution in [0.15, 0.2) is 12.1 Å². The second kappa shape index (κ2) is 10.8. The van der Waals surface area contributed by atoms with E-state index in [1.807, 2.05) is 11.0 Å². The SMILES string of the molecule is N#Cc1c(N)sc2c(F)ccc(-c3c(Cl)c4c5c(nc(OC[C@@]67CCCN6C[C@H](F)C7)nc5c3F)N3CCCOCC3CO4)c12. The molecular formula is C31H28ClF3N6O3S. The van der Waals surface area contributed by atoms with Crippen molar-refractivity contribution in [3.8, 4) is 29.0 Å². The summed E-state index contributed by atoms with van der Waals surface area (Å²) in [5.74, 6) is -0.807. The predicted molar refractivity (Wildman–Crippen MR) is 165 cm³/mol. The van der Waals surface area contributed by atoms with E-state index in [0.717, 1.165) is 30.7 Å². The van der Waals surface area contributed by atoms with E-state index in [4.69, 9.17) is 36.5 Å². The maximum absolute atomic E-state index is 17.0. The fourth-order valence-corrected chi connectivity index (χ4v) is 8.74. The molecule has 8 rings (SSSR count). The zero-order valence-electron chi connectivity index (χ0n) is 24.0. The van der Waals surface area contributed by atoms with Gasteiger partial charge in [0.15, 0.2) is 11.6 Å². The van der Waals surface area contributed by atoms with Gasteiger partial charge in [0.1, 0.15) is 47.6 Å². The molecule has 1 unspecified atom stereocenters. The second-order valence-corrected chi connectivity index (χ2v) is 13.5. The molecule has 0 radical (unpaired) electrons. The molecule has 4 aliphatic heterocycles. The molecule has 3 fully saturated rings. The maximum atomic E-state index is 17.0. The van der Waals surface area contributed by atoms with Crippen LogP contribution in [-0.2, 0) is 4.74 Å². The number of benzene rings is 2. The number of hydrogen-bond acceptors (Lipinski definition) is 10. The summed E-state index contributed by atoms with van der Waals surface area (Å²) in [5.41, 5.74) is 5.64. The van der Waals surface area contributed by atoms with Crippen LogP contribution in [0, 0.1) is 23.0 Å². The van der Waals surface area contributed by atoms with Crippen LogP contribution in [0.25, 0.3) is 32.1 Å². The molecule has 0 aliphatic carbocycles. The maximum Gasteiger partial charge on any atom is 0.319 e. The first-order valence-corrected chi connectivity index (χ1v) is 16.1. The first kappa shape index (κ1) is 28.9. The quantitative estimate of drug-likeness (QED) is 0.290. The number of rotatable bonds is 4. The van der Waals surface area contributed by atoms with Crippen LogP contribution in [-0.4, -0.2) is 78.7 Å². The summed E-state index contributed by atoms with van der Waals surface area (Å²) in [6.07, 6.45) is 1.86. The molecule has 2 aromatic carbocycles. The Morgan fingerprint density at radius 3 is 2.91 bits per heavy atom. The fourth-order valence-electron chi connectivity index (χ4n) is 7.46. The third-order valence-corrected chi connectivity index (χ3v) is 10.9. The van der Waals surface area contributed by atoms with Crippen LogP contribution in [0.1, 0.15) is 31.2 Å². The fraction of sp³-hybridized carbons (Fsp3) is 0.452. The van der Waals surface area contributed by atoms with Crippen LogP contribution >= 0.6 is 22.9 Å². The highest BCUT2D eigenvalue weighted by Crippen LogP contribution is 2.51. The van der Waals surface area contributed by atoms with Gasteiger partial charge in [-0.2, -0.15) is 15.2 Å². The average Bonchev–Trinajstić information content (AvgIpc) is 3.55. The van der Waals surface area contributed by atoms with Gasteiger partial charge in [-0.1, -0.05) is 17.7 Å². The van der Waals surface area contributed by atoms with E-state index in [1.54, 1.807) is 0 Å². The smallest absolute Gasteiger partial charge is 0.319 e. The first-order chi connectivity index (χ1) is 21.8. The van der Waals surface area contributed by atoms with Crippen LogP contribution in [0.4, 0.5) is 24.0 Å². The minimum atomic E-state index is -0.937. The summed E-state index contributed by atoms with van der Waals surface area (Å²) >= 11 is 7.90. The molecule has 14 heteroatoms. The van der Waals surface area contributed by atoms with Gasteiger partial charge in [-0.25, -0.2) is 13.2 Å². The Bertz CT molecular complexity index is 1920. The Kier molecular flexibility index (Phi) is 6.90. The minimum absolute atomic E-state index is 0.0351. The average molecular weight is 657 g/mol. The molecule has 0 amide bonds. The van der Waals surface area contributed by atoms with Crippen molar-refractivity contribution >= 4 is 54.7 Å². The van der Waals surface area contributed by atoms with Gasteiger partial charge >= 0.3 is 6.01 Å². The van der Waals surface area contributed by atoms with Crippen LogP contribution in [0.2, 0.25) is 5.02 Å². The van der Waals surface area contributed by atoms with Gasteiger partial charge in [0.05, 0.1) is 38.9 Å². The number of thiophene rings is 1. The van der Waals surface area contributed by atoms with Crippen molar-refractivity contribution in [2.24, 2.45) is 0 Å². The summed E-state index contributed by atoms with van der Waals surface area (Å²) in [6, 6.07) is 4.30. The molecule has 6 heterocycles. The standard InChI is InChI=1S/C31H28ClF3N6O3S/c32-23-21(17-3-4-19(34)27-20(17)18(10-36)28(37)45-27)24(35)25-22-26(23)43-13-16-12-42-8-2-7-41(16)29(22)39-30(38-25)44-14-31-5-1-6-40(31)11-15(33)9-31/h3-4,15-16H,1-2,5-9,11-14,37H2/t15-,16?,31+/m1/s1.